The summed E-state index contributed by atoms with van der Waals surface area (Å²) in [7, 11) is 0. The van der Waals surface area contributed by atoms with Gasteiger partial charge >= 0.3 is 5.97 Å². The van der Waals surface area contributed by atoms with Gasteiger partial charge in [-0.2, -0.15) is 0 Å². The summed E-state index contributed by atoms with van der Waals surface area (Å²) in [5.41, 5.74) is 0. The molecular formula is C24H44O3. The third kappa shape index (κ3) is 13.1. The zero-order chi connectivity index (χ0) is 19.6. The standard InChI is InChI=1S/C24H44O3/c1-2-3-4-5-6-7-8-9-10-11-12-13-14-15-16-17-18-19-22-20-23(21-25)27-24(22)26/h2,22-23,25H,1,3-21H2. The molecule has 1 N–H and O–H groups in total. The summed E-state index contributed by atoms with van der Waals surface area (Å²) in [6.07, 6.45) is 24.9. The second kappa shape index (κ2) is 17.3. The molecule has 0 bridgehead atoms. The van der Waals surface area contributed by atoms with Crippen molar-refractivity contribution in [3.05, 3.63) is 12.7 Å². The molecule has 1 heterocycles. The van der Waals surface area contributed by atoms with E-state index in [0.717, 1.165) is 12.8 Å². The molecule has 0 aromatic heterocycles. The van der Waals surface area contributed by atoms with Crippen LogP contribution in [0.15, 0.2) is 12.7 Å². The molecule has 2 atom stereocenters. The number of cyclic esters (lactones) is 1. The molecule has 1 aliphatic rings. The molecule has 1 rings (SSSR count). The zero-order valence-corrected chi connectivity index (χ0v) is 17.6. The van der Waals surface area contributed by atoms with Gasteiger partial charge < -0.3 is 9.84 Å². The molecule has 158 valence electrons. The quantitative estimate of drug-likeness (QED) is 0.153. The minimum Gasteiger partial charge on any atom is -0.460 e. The molecule has 0 aromatic rings. The molecule has 1 aliphatic heterocycles. The Balaban J connectivity index is 1.73. The number of hydrogen-bond acceptors (Lipinski definition) is 3. The van der Waals surface area contributed by atoms with Gasteiger partial charge in [-0.15, -0.1) is 6.58 Å². The Kier molecular flexibility index (Phi) is 15.5. The van der Waals surface area contributed by atoms with Crippen LogP contribution in [-0.4, -0.2) is 23.8 Å². The highest BCUT2D eigenvalue weighted by Gasteiger charge is 2.33. The summed E-state index contributed by atoms with van der Waals surface area (Å²) in [6, 6.07) is 0. The highest BCUT2D eigenvalue weighted by Crippen LogP contribution is 2.26. The molecule has 0 aromatic carbocycles. The van der Waals surface area contributed by atoms with Crippen molar-refractivity contribution in [3.8, 4) is 0 Å². The Bertz CT molecular complexity index is 367. The minimum atomic E-state index is -0.246. The van der Waals surface area contributed by atoms with Crippen molar-refractivity contribution in [2.24, 2.45) is 5.92 Å². The maximum atomic E-state index is 11.6. The van der Waals surface area contributed by atoms with Crippen molar-refractivity contribution >= 4 is 5.97 Å². The zero-order valence-electron chi connectivity index (χ0n) is 17.6. The van der Waals surface area contributed by atoms with E-state index >= 15 is 0 Å². The molecule has 2 unspecified atom stereocenters. The average molecular weight is 381 g/mol. The van der Waals surface area contributed by atoms with Gasteiger partial charge in [0.25, 0.3) is 0 Å². The Morgan fingerprint density at radius 2 is 1.26 bits per heavy atom. The van der Waals surface area contributed by atoms with E-state index in [1.54, 1.807) is 0 Å². The Hall–Kier alpha value is -0.830. The molecule has 1 saturated heterocycles. The number of allylic oxidation sites excluding steroid dienone is 1. The molecule has 3 nitrogen and oxygen atoms in total. The molecule has 3 heteroatoms. The van der Waals surface area contributed by atoms with Gasteiger partial charge in [-0.1, -0.05) is 96.0 Å². The lowest BCUT2D eigenvalue weighted by Gasteiger charge is -2.05. The van der Waals surface area contributed by atoms with Gasteiger partial charge in [-0.25, -0.2) is 0 Å². The molecule has 0 radical (unpaired) electrons. The van der Waals surface area contributed by atoms with Crippen molar-refractivity contribution in [1.82, 2.24) is 0 Å². The van der Waals surface area contributed by atoms with Crippen LogP contribution in [0.2, 0.25) is 0 Å². The van der Waals surface area contributed by atoms with E-state index in [1.165, 1.54) is 96.3 Å². The molecule has 0 aliphatic carbocycles. The number of hydrogen-bond donors (Lipinski definition) is 1. The van der Waals surface area contributed by atoms with Crippen LogP contribution in [0.1, 0.15) is 116 Å². The monoisotopic (exact) mass is 380 g/mol. The first kappa shape index (κ1) is 24.2. The van der Waals surface area contributed by atoms with E-state index in [0.29, 0.717) is 6.42 Å². The fraction of sp³-hybridized carbons (Fsp3) is 0.875. The molecule has 0 amide bonds. The number of esters is 1. The van der Waals surface area contributed by atoms with Crippen molar-refractivity contribution in [3.63, 3.8) is 0 Å². The molecule has 27 heavy (non-hydrogen) atoms. The van der Waals surface area contributed by atoms with Crippen LogP contribution < -0.4 is 0 Å². The summed E-state index contributed by atoms with van der Waals surface area (Å²) in [6.45, 7) is 3.74. The van der Waals surface area contributed by atoms with Crippen molar-refractivity contribution in [2.45, 2.75) is 122 Å². The first-order valence-corrected chi connectivity index (χ1v) is 11.7. The third-order valence-corrected chi connectivity index (χ3v) is 5.83. The Labute approximate surface area is 168 Å². The molecule has 0 spiro atoms. The summed E-state index contributed by atoms with van der Waals surface area (Å²) >= 11 is 0. The van der Waals surface area contributed by atoms with Crippen molar-refractivity contribution in [2.75, 3.05) is 6.61 Å². The summed E-state index contributed by atoms with van der Waals surface area (Å²) in [4.78, 5) is 11.6. The summed E-state index contributed by atoms with van der Waals surface area (Å²) in [5, 5.41) is 9.04. The van der Waals surface area contributed by atoms with Crippen molar-refractivity contribution < 1.29 is 14.6 Å². The van der Waals surface area contributed by atoms with E-state index < -0.39 is 0 Å². The van der Waals surface area contributed by atoms with E-state index in [4.69, 9.17) is 9.84 Å². The highest BCUT2D eigenvalue weighted by molar-refractivity contribution is 5.74. The topological polar surface area (TPSA) is 46.5 Å². The fourth-order valence-electron chi connectivity index (χ4n) is 4.05. The fourth-order valence-corrected chi connectivity index (χ4v) is 4.05. The minimum absolute atomic E-state index is 0.0294. The second-order valence-corrected chi connectivity index (χ2v) is 8.34. The first-order valence-electron chi connectivity index (χ1n) is 11.7. The Morgan fingerprint density at radius 1 is 0.815 bits per heavy atom. The number of unbranched alkanes of at least 4 members (excludes halogenated alkanes) is 15. The van der Waals surface area contributed by atoms with Gasteiger partial charge in [0.1, 0.15) is 6.10 Å². The number of rotatable bonds is 19. The van der Waals surface area contributed by atoms with Crippen LogP contribution in [0.25, 0.3) is 0 Å². The van der Waals surface area contributed by atoms with E-state index in [9.17, 15) is 4.79 Å². The van der Waals surface area contributed by atoms with E-state index in [2.05, 4.69) is 6.58 Å². The van der Waals surface area contributed by atoms with E-state index in [-0.39, 0.29) is 24.6 Å². The largest absolute Gasteiger partial charge is 0.460 e. The van der Waals surface area contributed by atoms with Crippen molar-refractivity contribution in [1.29, 1.82) is 0 Å². The maximum Gasteiger partial charge on any atom is 0.309 e. The second-order valence-electron chi connectivity index (χ2n) is 8.34. The average Bonchev–Trinajstić information content (AvgIpc) is 3.04. The number of carbonyl (C=O) groups is 1. The van der Waals surface area contributed by atoms with Crippen LogP contribution in [0.3, 0.4) is 0 Å². The van der Waals surface area contributed by atoms with Gasteiger partial charge in [0.05, 0.1) is 12.5 Å². The van der Waals surface area contributed by atoms with Crippen LogP contribution in [0.5, 0.6) is 0 Å². The van der Waals surface area contributed by atoms with Crippen LogP contribution in [0.4, 0.5) is 0 Å². The Morgan fingerprint density at radius 3 is 1.67 bits per heavy atom. The smallest absolute Gasteiger partial charge is 0.309 e. The molecule has 1 fully saturated rings. The third-order valence-electron chi connectivity index (χ3n) is 5.83. The molecular weight excluding hydrogens is 336 g/mol. The summed E-state index contributed by atoms with van der Waals surface area (Å²) in [5.74, 6) is -0.0592. The normalized spacial score (nSPS) is 19.4. The lowest BCUT2D eigenvalue weighted by molar-refractivity contribution is -0.145. The number of carbonyl (C=O) groups excluding carboxylic acids is 1. The van der Waals surface area contributed by atoms with Gasteiger partial charge in [0.15, 0.2) is 0 Å². The van der Waals surface area contributed by atoms with Gasteiger partial charge in [-0.05, 0) is 25.7 Å². The number of ether oxygens (including phenoxy) is 1. The van der Waals surface area contributed by atoms with Crippen LogP contribution in [0, 0.1) is 5.92 Å². The maximum absolute atomic E-state index is 11.6. The van der Waals surface area contributed by atoms with E-state index in [1.807, 2.05) is 6.08 Å². The number of aliphatic hydroxyl groups is 1. The van der Waals surface area contributed by atoms with Gasteiger partial charge in [0.2, 0.25) is 0 Å². The van der Waals surface area contributed by atoms with Gasteiger partial charge in [-0.3, -0.25) is 4.79 Å². The predicted octanol–water partition coefficient (Wildman–Crippen LogP) is 6.73. The predicted molar refractivity (Wildman–Crippen MR) is 114 cm³/mol. The lowest BCUT2D eigenvalue weighted by Crippen LogP contribution is -2.10. The molecule has 0 saturated carbocycles. The SMILES string of the molecule is C=CCCCCCCCCCCCCCCCCCC1CC(CO)OC1=O. The first-order chi connectivity index (χ1) is 13.3. The van der Waals surface area contributed by atoms with Gasteiger partial charge in [0, 0.05) is 0 Å². The summed E-state index contributed by atoms with van der Waals surface area (Å²) < 4.78 is 5.11. The lowest BCUT2D eigenvalue weighted by atomic mass is 9.97. The number of aliphatic hydroxyl groups excluding tert-OH is 1. The highest BCUT2D eigenvalue weighted by atomic mass is 16.6. The van der Waals surface area contributed by atoms with Crippen LogP contribution in [-0.2, 0) is 9.53 Å². The van der Waals surface area contributed by atoms with Crippen LogP contribution >= 0.6 is 0 Å².